The number of nitrogens with one attached hydrogen (secondary N) is 1. The highest BCUT2D eigenvalue weighted by Gasteiger charge is 2.34. The molecule has 2 aromatic carbocycles. The first-order valence-electron chi connectivity index (χ1n) is 7.66. The molecule has 1 fully saturated rings. The number of carbonyl (C=O) groups is 2. The molecular weight excluding hydrogens is 320 g/mol. The SMILES string of the molecule is Cc1ccc(NCN2C(=O)S/C(=C/c3ccccc3C)C2=O)cc1. The number of imide groups is 1. The molecule has 24 heavy (non-hydrogen) atoms. The lowest BCUT2D eigenvalue weighted by Crippen LogP contribution is -2.33. The summed E-state index contributed by atoms with van der Waals surface area (Å²) in [7, 11) is 0. The van der Waals surface area contributed by atoms with Crippen molar-refractivity contribution in [1.82, 2.24) is 4.90 Å². The smallest absolute Gasteiger partial charge is 0.295 e. The molecule has 0 spiro atoms. The van der Waals surface area contributed by atoms with Gasteiger partial charge in [-0.2, -0.15) is 0 Å². The monoisotopic (exact) mass is 338 g/mol. The van der Waals surface area contributed by atoms with Crippen LogP contribution in [0.5, 0.6) is 0 Å². The average molecular weight is 338 g/mol. The van der Waals surface area contributed by atoms with Gasteiger partial charge in [-0.05, 0) is 54.9 Å². The number of nitrogens with zero attached hydrogens (tertiary/aromatic N) is 1. The molecule has 0 unspecified atom stereocenters. The van der Waals surface area contributed by atoms with Crippen molar-refractivity contribution in [3.8, 4) is 0 Å². The third-order valence-electron chi connectivity index (χ3n) is 3.84. The largest absolute Gasteiger partial charge is 0.367 e. The summed E-state index contributed by atoms with van der Waals surface area (Å²) in [5, 5.41) is 2.86. The fraction of sp³-hybridized carbons (Fsp3) is 0.158. The van der Waals surface area contributed by atoms with Crippen molar-refractivity contribution < 1.29 is 9.59 Å². The van der Waals surface area contributed by atoms with Gasteiger partial charge in [0.2, 0.25) is 0 Å². The van der Waals surface area contributed by atoms with Crippen LogP contribution in [0.1, 0.15) is 16.7 Å². The van der Waals surface area contributed by atoms with Gasteiger partial charge < -0.3 is 5.32 Å². The lowest BCUT2D eigenvalue weighted by molar-refractivity contribution is -0.122. The van der Waals surface area contributed by atoms with Crippen LogP contribution in [-0.4, -0.2) is 22.7 Å². The number of amides is 2. The maximum absolute atomic E-state index is 12.5. The van der Waals surface area contributed by atoms with Crippen LogP contribution in [0.4, 0.5) is 10.5 Å². The minimum atomic E-state index is -0.257. The van der Waals surface area contributed by atoms with Crippen molar-refractivity contribution in [2.75, 3.05) is 12.0 Å². The van der Waals surface area contributed by atoms with Gasteiger partial charge in [-0.15, -0.1) is 0 Å². The summed E-state index contributed by atoms with van der Waals surface area (Å²) in [5.41, 5.74) is 4.06. The van der Waals surface area contributed by atoms with Crippen molar-refractivity contribution >= 4 is 34.7 Å². The maximum atomic E-state index is 12.5. The summed E-state index contributed by atoms with van der Waals surface area (Å²) in [6.07, 6.45) is 1.78. The van der Waals surface area contributed by atoms with Gasteiger partial charge in [0.1, 0.15) is 0 Å². The highest BCUT2D eigenvalue weighted by Crippen LogP contribution is 2.32. The maximum Gasteiger partial charge on any atom is 0.295 e. The van der Waals surface area contributed by atoms with Gasteiger partial charge in [-0.3, -0.25) is 14.5 Å². The molecule has 4 nitrogen and oxygen atoms in total. The normalized spacial score (nSPS) is 16.1. The molecule has 5 heteroatoms. The Hall–Kier alpha value is -2.53. The zero-order valence-electron chi connectivity index (χ0n) is 13.6. The fourth-order valence-electron chi connectivity index (χ4n) is 2.37. The molecule has 1 N–H and O–H groups in total. The minimum absolute atomic E-state index is 0.166. The van der Waals surface area contributed by atoms with Crippen LogP contribution in [0, 0.1) is 13.8 Å². The molecule has 1 heterocycles. The van der Waals surface area contributed by atoms with Gasteiger partial charge >= 0.3 is 0 Å². The average Bonchev–Trinajstić information content (AvgIpc) is 2.83. The molecule has 122 valence electrons. The molecule has 0 bridgehead atoms. The molecule has 1 aliphatic heterocycles. The van der Waals surface area contributed by atoms with Gasteiger partial charge in [-0.25, -0.2) is 0 Å². The van der Waals surface area contributed by atoms with Gasteiger partial charge in [-0.1, -0.05) is 42.0 Å². The Bertz CT molecular complexity index is 812. The zero-order valence-corrected chi connectivity index (χ0v) is 14.4. The predicted molar refractivity (Wildman–Crippen MR) is 98.7 cm³/mol. The van der Waals surface area contributed by atoms with Crippen molar-refractivity contribution in [3.63, 3.8) is 0 Å². The second-order valence-corrected chi connectivity index (χ2v) is 6.66. The molecule has 1 saturated heterocycles. The second-order valence-electron chi connectivity index (χ2n) is 5.67. The number of carbonyl (C=O) groups excluding carboxylic acids is 2. The van der Waals surface area contributed by atoms with E-state index >= 15 is 0 Å². The zero-order chi connectivity index (χ0) is 17.1. The molecule has 0 aliphatic carbocycles. The standard InChI is InChI=1S/C19H18N2O2S/c1-13-7-9-16(10-8-13)20-12-21-18(22)17(24-19(21)23)11-15-6-4-3-5-14(15)2/h3-11,20H,12H2,1-2H3/b17-11+. The van der Waals surface area contributed by atoms with E-state index in [1.165, 1.54) is 4.90 Å². The summed E-state index contributed by atoms with van der Waals surface area (Å²) < 4.78 is 0. The molecular formula is C19H18N2O2S. The quantitative estimate of drug-likeness (QED) is 0.839. The number of anilines is 1. The Morgan fingerprint density at radius 2 is 1.75 bits per heavy atom. The van der Waals surface area contributed by atoms with Crippen molar-refractivity contribution in [3.05, 3.63) is 70.1 Å². The molecule has 2 aromatic rings. The summed E-state index contributed by atoms with van der Waals surface area (Å²) in [6, 6.07) is 15.6. The summed E-state index contributed by atoms with van der Waals surface area (Å²) in [4.78, 5) is 26.3. The molecule has 3 rings (SSSR count). The van der Waals surface area contributed by atoms with Crippen LogP contribution in [0.25, 0.3) is 6.08 Å². The lowest BCUT2D eigenvalue weighted by atomic mass is 10.1. The third-order valence-corrected chi connectivity index (χ3v) is 4.75. The van der Waals surface area contributed by atoms with E-state index in [9.17, 15) is 9.59 Å². The van der Waals surface area contributed by atoms with E-state index in [-0.39, 0.29) is 17.8 Å². The number of rotatable bonds is 4. The van der Waals surface area contributed by atoms with Crippen molar-refractivity contribution in [2.45, 2.75) is 13.8 Å². The number of benzene rings is 2. The van der Waals surface area contributed by atoms with E-state index < -0.39 is 0 Å². The number of aryl methyl sites for hydroxylation is 2. The van der Waals surface area contributed by atoms with Crippen molar-refractivity contribution in [1.29, 1.82) is 0 Å². The molecule has 2 amide bonds. The van der Waals surface area contributed by atoms with E-state index in [4.69, 9.17) is 0 Å². The van der Waals surface area contributed by atoms with Crippen molar-refractivity contribution in [2.24, 2.45) is 0 Å². The fourth-order valence-corrected chi connectivity index (χ4v) is 3.20. The molecule has 0 radical (unpaired) electrons. The molecule has 0 aromatic heterocycles. The Kier molecular flexibility index (Phi) is 4.71. The summed E-state index contributed by atoms with van der Waals surface area (Å²) in [6.45, 7) is 4.16. The highest BCUT2D eigenvalue weighted by molar-refractivity contribution is 8.18. The first kappa shape index (κ1) is 16.3. The molecule has 0 atom stereocenters. The van der Waals surface area contributed by atoms with Crippen LogP contribution in [0.15, 0.2) is 53.4 Å². The molecule has 0 saturated carbocycles. The summed E-state index contributed by atoms with van der Waals surface area (Å²) >= 11 is 0.981. The van der Waals surface area contributed by atoms with Gasteiger partial charge in [0.25, 0.3) is 11.1 Å². The van der Waals surface area contributed by atoms with Crippen LogP contribution >= 0.6 is 11.8 Å². The van der Waals surface area contributed by atoms with Gasteiger partial charge in [0.05, 0.1) is 11.6 Å². The topological polar surface area (TPSA) is 49.4 Å². The Morgan fingerprint density at radius 3 is 2.46 bits per heavy atom. The van der Waals surface area contributed by atoms with Crippen LogP contribution < -0.4 is 5.32 Å². The highest BCUT2D eigenvalue weighted by atomic mass is 32.2. The number of hydrogen-bond acceptors (Lipinski definition) is 4. The third kappa shape index (κ3) is 3.51. The number of hydrogen-bond donors (Lipinski definition) is 1. The first-order valence-corrected chi connectivity index (χ1v) is 8.48. The second kappa shape index (κ2) is 6.93. The number of thioether (sulfide) groups is 1. The van der Waals surface area contributed by atoms with E-state index in [0.717, 1.165) is 34.1 Å². The lowest BCUT2D eigenvalue weighted by Gasteiger charge is -2.14. The van der Waals surface area contributed by atoms with E-state index in [2.05, 4.69) is 5.32 Å². The predicted octanol–water partition coefficient (Wildman–Crippen LogP) is 4.41. The van der Waals surface area contributed by atoms with Crippen LogP contribution in [0.2, 0.25) is 0 Å². The van der Waals surface area contributed by atoms with Gasteiger partial charge in [0, 0.05) is 5.69 Å². The Labute approximate surface area is 145 Å². The van der Waals surface area contributed by atoms with Crippen LogP contribution in [0.3, 0.4) is 0 Å². The minimum Gasteiger partial charge on any atom is -0.367 e. The summed E-state index contributed by atoms with van der Waals surface area (Å²) in [5.74, 6) is -0.257. The first-order chi connectivity index (χ1) is 11.5. The van der Waals surface area contributed by atoms with Gasteiger partial charge in [0.15, 0.2) is 0 Å². The van der Waals surface area contributed by atoms with Crippen LogP contribution in [-0.2, 0) is 4.79 Å². The van der Waals surface area contributed by atoms with E-state index in [1.54, 1.807) is 6.08 Å². The van der Waals surface area contributed by atoms with E-state index in [0.29, 0.717) is 4.91 Å². The molecule has 1 aliphatic rings. The Balaban J connectivity index is 1.72. The van der Waals surface area contributed by atoms with E-state index in [1.807, 2.05) is 62.4 Å². The Morgan fingerprint density at radius 1 is 1.04 bits per heavy atom.